The zero-order chi connectivity index (χ0) is 14.1. The quantitative estimate of drug-likeness (QED) is 0.821. The zero-order valence-electron chi connectivity index (χ0n) is 10.1. The fourth-order valence-electron chi connectivity index (χ4n) is 1.47. The maximum Gasteiger partial charge on any atom is 0.265 e. The maximum absolute atomic E-state index is 12.0. The number of ether oxygens (including phenoxy) is 1. The molecule has 1 aliphatic heterocycles. The second kappa shape index (κ2) is 4.60. The molecule has 0 bridgehead atoms. The third kappa shape index (κ3) is 2.57. The molecule has 7 nitrogen and oxygen atoms in total. The minimum absolute atomic E-state index is 0.105. The number of hydrogen-bond acceptors (Lipinski definition) is 6. The van der Waals surface area contributed by atoms with Gasteiger partial charge in [0.15, 0.2) is 0 Å². The molecule has 2 heterocycles. The Morgan fingerprint density at radius 3 is 2.74 bits per heavy atom. The first-order valence-electron chi connectivity index (χ1n) is 5.37. The molecule has 0 aliphatic carbocycles. The Morgan fingerprint density at radius 2 is 2.21 bits per heavy atom. The first kappa shape index (κ1) is 13.5. The summed E-state index contributed by atoms with van der Waals surface area (Å²) < 4.78 is 30.8. The molecule has 100 valence electrons. The van der Waals surface area contributed by atoms with Gasteiger partial charge in [-0.05, 0) is 13.0 Å². The Hall–Kier alpha value is -1.98. The van der Waals surface area contributed by atoms with Crippen molar-refractivity contribution in [2.75, 3.05) is 13.2 Å². The van der Waals surface area contributed by atoms with E-state index in [2.05, 4.69) is 4.98 Å². The summed E-state index contributed by atoms with van der Waals surface area (Å²) >= 11 is 0. The van der Waals surface area contributed by atoms with Crippen molar-refractivity contribution in [3.05, 3.63) is 24.0 Å². The normalized spacial score (nSPS) is 17.1. The molecule has 0 atom stereocenters. The van der Waals surface area contributed by atoms with Gasteiger partial charge in [0.05, 0.1) is 24.2 Å². The number of carbonyl (C=O) groups excluding carboxylic acids is 1. The SMILES string of the molecule is CC1(C(=O)NS(=O)(=O)c2cncc(C#N)c2)COC1. The Bertz CT molecular complexity index is 659. The van der Waals surface area contributed by atoms with Crippen LogP contribution in [0.4, 0.5) is 0 Å². The molecule has 0 saturated carbocycles. The number of carbonyl (C=O) groups is 1. The molecule has 8 heteroatoms. The summed E-state index contributed by atoms with van der Waals surface area (Å²) in [4.78, 5) is 15.3. The van der Waals surface area contributed by atoms with Crippen LogP contribution in [-0.4, -0.2) is 32.5 Å². The molecule has 0 unspecified atom stereocenters. The molecular weight excluding hydrogens is 270 g/mol. The summed E-state index contributed by atoms with van der Waals surface area (Å²) in [5, 5.41) is 8.70. The summed E-state index contributed by atoms with van der Waals surface area (Å²) in [7, 11) is -4.02. The lowest BCUT2D eigenvalue weighted by Crippen LogP contribution is -2.53. The van der Waals surface area contributed by atoms with Gasteiger partial charge in [-0.1, -0.05) is 0 Å². The first-order valence-corrected chi connectivity index (χ1v) is 6.86. The molecule has 1 aromatic rings. The Morgan fingerprint density at radius 1 is 1.53 bits per heavy atom. The highest BCUT2D eigenvalue weighted by Crippen LogP contribution is 2.27. The van der Waals surface area contributed by atoms with Gasteiger partial charge < -0.3 is 4.74 Å². The molecule has 0 aromatic carbocycles. The lowest BCUT2D eigenvalue weighted by Gasteiger charge is -2.35. The highest BCUT2D eigenvalue weighted by atomic mass is 32.2. The number of nitrogens with zero attached hydrogens (tertiary/aromatic N) is 2. The molecule has 1 amide bonds. The lowest BCUT2D eigenvalue weighted by molar-refractivity contribution is -0.155. The smallest absolute Gasteiger partial charge is 0.265 e. The largest absolute Gasteiger partial charge is 0.379 e. The van der Waals surface area contributed by atoms with Gasteiger partial charge in [-0.15, -0.1) is 0 Å². The van der Waals surface area contributed by atoms with Gasteiger partial charge in [0.25, 0.3) is 10.0 Å². The van der Waals surface area contributed by atoms with Crippen LogP contribution in [0.5, 0.6) is 0 Å². The van der Waals surface area contributed by atoms with E-state index in [1.54, 1.807) is 13.0 Å². The number of amides is 1. The highest BCUT2D eigenvalue weighted by Gasteiger charge is 2.42. The molecule has 2 rings (SSSR count). The van der Waals surface area contributed by atoms with Crippen LogP contribution in [-0.2, 0) is 19.6 Å². The van der Waals surface area contributed by atoms with Crippen LogP contribution in [0.15, 0.2) is 23.4 Å². The van der Waals surface area contributed by atoms with Gasteiger partial charge in [-0.25, -0.2) is 13.1 Å². The van der Waals surface area contributed by atoms with E-state index < -0.39 is 21.3 Å². The number of nitrogens with one attached hydrogen (secondary N) is 1. The summed E-state index contributed by atoms with van der Waals surface area (Å²) in [6.45, 7) is 1.99. The molecule has 19 heavy (non-hydrogen) atoms. The fourth-order valence-corrected chi connectivity index (χ4v) is 2.56. The molecule has 1 aromatic heterocycles. The molecular formula is C11H11N3O4S. The second-order valence-corrected chi connectivity index (χ2v) is 6.19. The summed E-state index contributed by atoms with van der Waals surface area (Å²) in [6, 6.07) is 2.94. The van der Waals surface area contributed by atoms with E-state index in [0.29, 0.717) is 0 Å². The van der Waals surface area contributed by atoms with Gasteiger partial charge in [-0.3, -0.25) is 9.78 Å². The number of nitriles is 1. The second-order valence-electron chi connectivity index (χ2n) is 4.51. The third-order valence-corrected chi connectivity index (χ3v) is 4.07. The molecule has 1 aliphatic rings. The van der Waals surface area contributed by atoms with Crippen molar-refractivity contribution >= 4 is 15.9 Å². The van der Waals surface area contributed by atoms with Crippen LogP contribution in [0.2, 0.25) is 0 Å². The summed E-state index contributed by atoms with van der Waals surface area (Å²) in [5.41, 5.74) is -0.721. The van der Waals surface area contributed by atoms with E-state index in [0.717, 1.165) is 12.3 Å². The number of hydrogen-bond donors (Lipinski definition) is 1. The van der Waals surface area contributed by atoms with E-state index in [1.165, 1.54) is 6.20 Å². The van der Waals surface area contributed by atoms with Crippen molar-refractivity contribution in [1.29, 1.82) is 5.26 Å². The minimum Gasteiger partial charge on any atom is -0.379 e. The van der Waals surface area contributed by atoms with Gasteiger partial charge in [0.1, 0.15) is 11.0 Å². The van der Waals surface area contributed by atoms with E-state index in [1.807, 2.05) is 4.72 Å². The van der Waals surface area contributed by atoms with Crippen LogP contribution >= 0.6 is 0 Å². The third-order valence-electron chi connectivity index (χ3n) is 2.77. The predicted octanol–water partition coefficient (Wildman–Crippen LogP) is -0.205. The van der Waals surface area contributed by atoms with Crippen LogP contribution < -0.4 is 4.72 Å². The molecule has 1 saturated heterocycles. The average molecular weight is 281 g/mol. The van der Waals surface area contributed by atoms with Gasteiger partial charge in [-0.2, -0.15) is 5.26 Å². The minimum atomic E-state index is -4.02. The van der Waals surface area contributed by atoms with E-state index >= 15 is 0 Å². The number of pyridine rings is 1. The predicted molar refractivity (Wildman–Crippen MR) is 63.2 cm³/mol. The summed E-state index contributed by atoms with van der Waals surface area (Å²) in [6.07, 6.45) is 2.32. The fraction of sp³-hybridized carbons (Fsp3) is 0.364. The van der Waals surface area contributed by atoms with Crippen LogP contribution in [0.1, 0.15) is 12.5 Å². The monoisotopic (exact) mass is 281 g/mol. The number of sulfonamides is 1. The Labute approximate surface area is 110 Å². The van der Waals surface area contributed by atoms with Crippen molar-refractivity contribution in [1.82, 2.24) is 9.71 Å². The number of aromatic nitrogens is 1. The molecule has 1 N–H and O–H groups in total. The lowest BCUT2D eigenvalue weighted by atomic mass is 9.88. The maximum atomic E-state index is 12.0. The van der Waals surface area contributed by atoms with Gasteiger partial charge >= 0.3 is 0 Å². The van der Waals surface area contributed by atoms with Crippen molar-refractivity contribution in [3.63, 3.8) is 0 Å². The zero-order valence-corrected chi connectivity index (χ0v) is 10.9. The first-order chi connectivity index (χ1) is 8.87. The van der Waals surface area contributed by atoms with Gasteiger partial charge in [0.2, 0.25) is 5.91 Å². The standard InChI is InChI=1S/C11H11N3O4S/c1-11(6-18-7-11)10(15)14-19(16,17)9-2-8(3-12)4-13-5-9/h2,4-5H,6-7H2,1H3,(H,14,15). The molecule has 0 spiro atoms. The summed E-state index contributed by atoms with van der Waals surface area (Å²) in [5.74, 6) is -0.624. The topological polar surface area (TPSA) is 109 Å². The molecule has 0 radical (unpaired) electrons. The van der Waals surface area contributed by atoms with Gasteiger partial charge in [0, 0.05) is 12.4 Å². The highest BCUT2D eigenvalue weighted by molar-refractivity contribution is 7.90. The van der Waals surface area contributed by atoms with E-state index in [-0.39, 0.29) is 23.7 Å². The van der Waals surface area contributed by atoms with Crippen LogP contribution in [0.25, 0.3) is 0 Å². The van der Waals surface area contributed by atoms with E-state index in [4.69, 9.17) is 10.00 Å². The van der Waals surface area contributed by atoms with E-state index in [9.17, 15) is 13.2 Å². The van der Waals surface area contributed by atoms with Crippen LogP contribution in [0.3, 0.4) is 0 Å². The van der Waals surface area contributed by atoms with Crippen molar-refractivity contribution in [2.24, 2.45) is 5.41 Å². The van der Waals surface area contributed by atoms with Crippen molar-refractivity contribution in [2.45, 2.75) is 11.8 Å². The van der Waals surface area contributed by atoms with Crippen LogP contribution in [0, 0.1) is 16.7 Å². The Kier molecular flexibility index (Phi) is 3.26. The van der Waals surface area contributed by atoms with Crippen molar-refractivity contribution in [3.8, 4) is 6.07 Å². The van der Waals surface area contributed by atoms with Crippen molar-refractivity contribution < 1.29 is 17.9 Å². The Balaban J connectivity index is 2.23. The molecule has 1 fully saturated rings. The average Bonchev–Trinajstić information content (AvgIpc) is 2.35. The number of rotatable bonds is 3.